The van der Waals surface area contributed by atoms with E-state index in [2.05, 4.69) is 0 Å². The average molecular weight is 263 g/mol. The Morgan fingerprint density at radius 1 is 1.26 bits per heavy atom. The minimum absolute atomic E-state index is 0.0844. The number of hydrogen-bond acceptors (Lipinski definition) is 4. The molecule has 1 N–H and O–H groups in total. The molecule has 2 amide bonds. The third-order valence-corrected chi connectivity index (χ3v) is 3.24. The molecule has 0 radical (unpaired) electrons. The summed E-state index contributed by atoms with van der Waals surface area (Å²) in [4.78, 5) is 24.8. The molecule has 0 saturated carbocycles. The Kier molecular flexibility index (Phi) is 4.16. The molecule has 0 atom stereocenters. The van der Waals surface area contributed by atoms with Crippen molar-refractivity contribution in [3.05, 3.63) is 29.3 Å². The van der Waals surface area contributed by atoms with Gasteiger partial charge in [-0.1, -0.05) is 6.07 Å². The number of nitrogens with zero attached hydrogens (tertiary/aromatic N) is 1. The molecule has 0 aromatic heterocycles. The molecular formula is C14H17NO4. The van der Waals surface area contributed by atoms with Crippen LogP contribution in [0.25, 0.3) is 0 Å². The van der Waals surface area contributed by atoms with E-state index in [4.69, 9.17) is 9.84 Å². The number of imide groups is 1. The molecule has 1 aromatic carbocycles. The summed E-state index contributed by atoms with van der Waals surface area (Å²) in [5.41, 5.74) is 1.46. The van der Waals surface area contributed by atoms with Gasteiger partial charge >= 0.3 is 0 Å². The predicted octanol–water partition coefficient (Wildman–Crippen LogP) is 1.23. The molecule has 0 unspecified atom stereocenters. The second-order valence-corrected chi connectivity index (χ2v) is 4.53. The highest BCUT2D eigenvalue weighted by molar-refractivity contribution is 5.97. The molecule has 1 aromatic rings. The van der Waals surface area contributed by atoms with Crippen molar-refractivity contribution in [1.82, 2.24) is 4.90 Å². The third kappa shape index (κ3) is 2.93. The lowest BCUT2D eigenvalue weighted by Gasteiger charge is -2.25. The second kappa shape index (κ2) is 5.84. The first-order valence-electron chi connectivity index (χ1n) is 6.25. The predicted molar refractivity (Wildman–Crippen MR) is 68.3 cm³/mol. The summed E-state index contributed by atoms with van der Waals surface area (Å²) >= 11 is 0. The standard InChI is InChI=1S/C14H17NO4/c1-19-12-6-5-10(9-16)7-11(12)8-15-13(17)3-2-4-14(15)18/h5-7,16H,2-4,8-9H2,1H3. The van der Waals surface area contributed by atoms with Crippen molar-refractivity contribution >= 4 is 11.8 Å². The average Bonchev–Trinajstić information content (AvgIpc) is 2.42. The van der Waals surface area contributed by atoms with Crippen LogP contribution in [0.1, 0.15) is 30.4 Å². The number of rotatable bonds is 4. The second-order valence-electron chi connectivity index (χ2n) is 4.53. The molecule has 0 aliphatic carbocycles. The summed E-state index contributed by atoms with van der Waals surface area (Å²) in [5.74, 6) is 0.323. The summed E-state index contributed by atoms with van der Waals surface area (Å²) in [6, 6.07) is 5.25. The van der Waals surface area contributed by atoms with Crippen LogP contribution in [0.15, 0.2) is 18.2 Å². The minimum Gasteiger partial charge on any atom is -0.496 e. The molecule has 0 bridgehead atoms. The highest BCUT2D eigenvalue weighted by Crippen LogP contribution is 2.24. The number of amides is 2. The molecule has 5 nitrogen and oxygen atoms in total. The quantitative estimate of drug-likeness (QED) is 0.830. The summed E-state index contributed by atoms with van der Waals surface area (Å²) in [6.07, 6.45) is 1.45. The monoisotopic (exact) mass is 263 g/mol. The zero-order valence-electron chi connectivity index (χ0n) is 10.9. The van der Waals surface area contributed by atoms with E-state index in [1.165, 1.54) is 12.0 Å². The minimum atomic E-state index is -0.146. The fourth-order valence-corrected chi connectivity index (χ4v) is 2.20. The van der Waals surface area contributed by atoms with Crippen molar-refractivity contribution < 1.29 is 19.4 Å². The van der Waals surface area contributed by atoms with Gasteiger partial charge in [0.05, 0.1) is 20.3 Å². The van der Waals surface area contributed by atoms with Crippen LogP contribution in [0.5, 0.6) is 5.75 Å². The molecule has 1 heterocycles. The molecule has 19 heavy (non-hydrogen) atoms. The lowest BCUT2D eigenvalue weighted by molar-refractivity contribution is -0.148. The van der Waals surface area contributed by atoms with Gasteiger partial charge in [0.15, 0.2) is 0 Å². The van der Waals surface area contributed by atoms with Crippen LogP contribution in [0, 0.1) is 0 Å². The maximum atomic E-state index is 11.8. The highest BCUT2D eigenvalue weighted by Gasteiger charge is 2.26. The number of piperidine rings is 1. The van der Waals surface area contributed by atoms with Gasteiger partial charge in [0.1, 0.15) is 5.75 Å². The number of carbonyl (C=O) groups is 2. The molecule has 1 aliphatic heterocycles. The van der Waals surface area contributed by atoms with E-state index in [0.717, 1.165) is 11.1 Å². The number of carbonyl (C=O) groups excluding carboxylic acids is 2. The van der Waals surface area contributed by atoms with E-state index in [1.807, 2.05) is 0 Å². The van der Waals surface area contributed by atoms with E-state index < -0.39 is 0 Å². The molecule has 0 spiro atoms. The molecular weight excluding hydrogens is 246 g/mol. The summed E-state index contributed by atoms with van der Waals surface area (Å²) in [5, 5.41) is 9.15. The van der Waals surface area contributed by atoms with E-state index in [-0.39, 0.29) is 25.0 Å². The van der Waals surface area contributed by atoms with Gasteiger partial charge < -0.3 is 9.84 Å². The van der Waals surface area contributed by atoms with Gasteiger partial charge in [0.25, 0.3) is 0 Å². The van der Waals surface area contributed by atoms with Gasteiger partial charge in [-0.3, -0.25) is 14.5 Å². The van der Waals surface area contributed by atoms with E-state index in [9.17, 15) is 9.59 Å². The Morgan fingerprint density at radius 2 is 1.95 bits per heavy atom. The van der Waals surface area contributed by atoms with E-state index >= 15 is 0 Å². The largest absolute Gasteiger partial charge is 0.496 e. The van der Waals surface area contributed by atoms with Crippen LogP contribution in [-0.4, -0.2) is 28.9 Å². The van der Waals surface area contributed by atoms with Crippen LogP contribution in [0.2, 0.25) is 0 Å². The van der Waals surface area contributed by atoms with Crippen LogP contribution >= 0.6 is 0 Å². The molecule has 1 aliphatic rings. The van der Waals surface area contributed by atoms with E-state index in [0.29, 0.717) is 25.0 Å². The zero-order chi connectivity index (χ0) is 13.8. The van der Waals surface area contributed by atoms with Crippen LogP contribution in [0.4, 0.5) is 0 Å². The van der Waals surface area contributed by atoms with Gasteiger partial charge in [-0.25, -0.2) is 0 Å². The lowest BCUT2D eigenvalue weighted by Crippen LogP contribution is -2.39. The number of aliphatic hydroxyl groups is 1. The lowest BCUT2D eigenvalue weighted by atomic mass is 10.1. The first-order valence-corrected chi connectivity index (χ1v) is 6.25. The Balaban J connectivity index is 2.25. The summed E-state index contributed by atoms with van der Waals surface area (Å²) in [7, 11) is 1.54. The third-order valence-electron chi connectivity index (χ3n) is 3.24. The molecule has 1 fully saturated rings. The van der Waals surface area contributed by atoms with E-state index in [1.54, 1.807) is 18.2 Å². The number of aliphatic hydroxyl groups excluding tert-OH is 1. The Morgan fingerprint density at radius 3 is 2.53 bits per heavy atom. The number of benzene rings is 1. The molecule has 102 valence electrons. The maximum Gasteiger partial charge on any atom is 0.229 e. The van der Waals surface area contributed by atoms with Crippen LogP contribution < -0.4 is 4.74 Å². The van der Waals surface area contributed by atoms with Crippen LogP contribution in [-0.2, 0) is 22.7 Å². The van der Waals surface area contributed by atoms with Crippen molar-refractivity contribution in [3.8, 4) is 5.75 Å². The summed E-state index contributed by atoms with van der Waals surface area (Å²) < 4.78 is 5.23. The zero-order valence-corrected chi connectivity index (χ0v) is 10.9. The number of ether oxygens (including phenoxy) is 1. The van der Waals surface area contributed by atoms with Crippen molar-refractivity contribution in [2.45, 2.75) is 32.4 Å². The van der Waals surface area contributed by atoms with Gasteiger partial charge in [-0.05, 0) is 24.1 Å². The van der Waals surface area contributed by atoms with Gasteiger partial charge in [0.2, 0.25) is 11.8 Å². The first-order chi connectivity index (χ1) is 9.15. The van der Waals surface area contributed by atoms with Crippen molar-refractivity contribution in [1.29, 1.82) is 0 Å². The maximum absolute atomic E-state index is 11.8. The molecule has 5 heteroatoms. The molecule has 2 rings (SSSR count). The Hall–Kier alpha value is -1.88. The van der Waals surface area contributed by atoms with Crippen LogP contribution in [0.3, 0.4) is 0 Å². The van der Waals surface area contributed by atoms with Crippen molar-refractivity contribution in [2.24, 2.45) is 0 Å². The number of likely N-dealkylation sites (tertiary alicyclic amines) is 1. The number of methoxy groups -OCH3 is 1. The van der Waals surface area contributed by atoms with Crippen molar-refractivity contribution in [2.75, 3.05) is 7.11 Å². The molecule has 1 saturated heterocycles. The van der Waals surface area contributed by atoms with Gasteiger partial charge in [-0.15, -0.1) is 0 Å². The number of hydrogen-bond donors (Lipinski definition) is 1. The smallest absolute Gasteiger partial charge is 0.229 e. The Labute approximate surface area is 111 Å². The highest BCUT2D eigenvalue weighted by atomic mass is 16.5. The van der Waals surface area contributed by atoms with Crippen molar-refractivity contribution in [3.63, 3.8) is 0 Å². The SMILES string of the molecule is COc1ccc(CO)cc1CN1C(=O)CCCC1=O. The normalized spacial score (nSPS) is 15.8. The fourth-order valence-electron chi connectivity index (χ4n) is 2.20. The first kappa shape index (κ1) is 13.5. The fraction of sp³-hybridized carbons (Fsp3) is 0.429. The topological polar surface area (TPSA) is 66.8 Å². The Bertz CT molecular complexity index is 482. The van der Waals surface area contributed by atoms with Gasteiger partial charge in [0, 0.05) is 18.4 Å². The van der Waals surface area contributed by atoms with Gasteiger partial charge in [-0.2, -0.15) is 0 Å². The summed E-state index contributed by atoms with van der Waals surface area (Å²) in [6.45, 7) is 0.119.